The third-order valence-electron chi connectivity index (χ3n) is 6.89. The zero-order valence-electron chi connectivity index (χ0n) is 13.3. The van der Waals surface area contributed by atoms with E-state index in [-0.39, 0.29) is 34.3 Å². The maximum atomic E-state index is 12.7. The summed E-state index contributed by atoms with van der Waals surface area (Å²) in [5.74, 6) is 0. The summed E-state index contributed by atoms with van der Waals surface area (Å²) in [4.78, 5) is 25.3. The van der Waals surface area contributed by atoms with Crippen molar-refractivity contribution in [1.29, 1.82) is 0 Å². The Bertz CT molecular complexity index is 1020. The number of fused-ring (bicyclic) bond motifs is 1. The van der Waals surface area contributed by atoms with Crippen molar-refractivity contribution in [3.63, 3.8) is 0 Å². The van der Waals surface area contributed by atoms with E-state index in [1.54, 1.807) is 16.4 Å². The average molecular weight is 319 g/mol. The zero-order valence-corrected chi connectivity index (χ0v) is 13.3. The van der Waals surface area contributed by atoms with Crippen molar-refractivity contribution in [2.45, 2.75) is 24.9 Å². The predicted octanol–water partition coefficient (Wildman–Crippen LogP) is 1.36. The van der Waals surface area contributed by atoms with Gasteiger partial charge in [-0.2, -0.15) is 0 Å². The smallest absolute Gasteiger partial charge is 0.246 e. The summed E-state index contributed by atoms with van der Waals surface area (Å²) in [5, 5.41) is 0. The van der Waals surface area contributed by atoms with Gasteiger partial charge in [0.15, 0.2) is 0 Å². The molecule has 0 saturated heterocycles. The number of nitrogens with zero attached hydrogens (tertiary/aromatic N) is 3. The molecule has 24 heavy (non-hydrogen) atoms. The van der Waals surface area contributed by atoms with Gasteiger partial charge in [-0.3, -0.25) is 0 Å². The Balaban J connectivity index is 1.69. The molecule has 5 heteroatoms. The summed E-state index contributed by atoms with van der Waals surface area (Å²) >= 11 is 0. The van der Waals surface area contributed by atoms with Crippen molar-refractivity contribution in [3.8, 4) is 0 Å². The van der Waals surface area contributed by atoms with Crippen molar-refractivity contribution in [1.82, 2.24) is 13.9 Å². The van der Waals surface area contributed by atoms with Crippen LogP contribution in [0, 0.1) is 10.8 Å². The van der Waals surface area contributed by atoms with Crippen LogP contribution in [-0.2, 0) is 19.9 Å². The van der Waals surface area contributed by atoms with Gasteiger partial charge in [0, 0.05) is 17.9 Å². The fraction of sp³-hybridized carbons (Fsp3) is 0.368. The van der Waals surface area contributed by atoms with E-state index in [1.807, 2.05) is 0 Å². The van der Waals surface area contributed by atoms with Crippen molar-refractivity contribution < 1.29 is 0 Å². The first-order valence-corrected chi connectivity index (χ1v) is 8.45. The van der Waals surface area contributed by atoms with E-state index >= 15 is 0 Å². The SMILES string of the molecule is Cn1c(=O)n2n(c1=O)[C@H]1C=C[C@H]2[C@]23C=C[C@@]12Cc1ccccc1C3. The fourth-order valence-corrected chi connectivity index (χ4v) is 5.68. The second-order valence-electron chi connectivity index (χ2n) is 7.62. The van der Waals surface area contributed by atoms with Gasteiger partial charge < -0.3 is 0 Å². The number of aromatic nitrogens is 3. The monoisotopic (exact) mass is 319 g/mol. The van der Waals surface area contributed by atoms with E-state index in [0.717, 1.165) is 12.8 Å². The minimum Gasteiger partial charge on any atom is -0.246 e. The molecule has 3 aliphatic carbocycles. The molecular formula is C19H17N3O2. The third kappa shape index (κ3) is 1.05. The van der Waals surface area contributed by atoms with E-state index in [0.29, 0.717) is 0 Å². The van der Waals surface area contributed by atoms with Gasteiger partial charge in [0.05, 0.1) is 12.1 Å². The quantitative estimate of drug-likeness (QED) is 0.688. The van der Waals surface area contributed by atoms with Crippen LogP contribution in [0.5, 0.6) is 0 Å². The Labute approximate surface area is 138 Å². The Morgan fingerprint density at radius 3 is 1.75 bits per heavy atom. The molecule has 1 aromatic carbocycles. The molecule has 5 aliphatic rings. The van der Waals surface area contributed by atoms with Crippen molar-refractivity contribution in [3.05, 3.63) is 80.7 Å². The van der Waals surface area contributed by atoms with E-state index in [9.17, 15) is 9.59 Å². The van der Waals surface area contributed by atoms with Gasteiger partial charge in [-0.15, -0.1) is 0 Å². The number of allylic oxidation sites excluding steroid dienone is 4. The van der Waals surface area contributed by atoms with Crippen LogP contribution >= 0.6 is 0 Å². The highest BCUT2D eigenvalue weighted by atomic mass is 16.2. The van der Waals surface area contributed by atoms with Crippen LogP contribution in [0.25, 0.3) is 0 Å². The van der Waals surface area contributed by atoms with Gasteiger partial charge in [-0.1, -0.05) is 48.6 Å². The molecule has 5 nitrogen and oxygen atoms in total. The van der Waals surface area contributed by atoms with E-state index in [4.69, 9.17) is 0 Å². The number of hydrogen-bond donors (Lipinski definition) is 0. The summed E-state index contributed by atoms with van der Waals surface area (Å²) in [7, 11) is 1.57. The molecule has 0 spiro atoms. The summed E-state index contributed by atoms with van der Waals surface area (Å²) in [6.07, 6.45) is 10.7. The molecule has 0 unspecified atom stereocenters. The molecular weight excluding hydrogens is 302 g/mol. The Hall–Kier alpha value is -2.56. The lowest BCUT2D eigenvalue weighted by Gasteiger charge is -2.67. The van der Waals surface area contributed by atoms with E-state index in [2.05, 4.69) is 48.6 Å². The fourth-order valence-electron chi connectivity index (χ4n) is 5.68. The first-order chi connectivity index (χ1) is 11.6. The largest absolute Gasteiger partial charge is 0.347 e. The van der Waals surface area contributed by atoms with Crippen LogP contribution < -0.4 is 11.4 Å². The highest BCUT2D eigenvalue weighted by Crippen LogP contribution is 2.70. The van der Waals surface area contributed by atoms with Gasteiger partial charge >= 0.3 is 11.4 Å². The number of benzene rings is 1. The van der Waals surface area contributed by atoms with Gasteiger partial charge in [-0.25, -0.2) is 23.5 Å². The summed E-state index contributed by atoms with van der Waals surface area (Å²) < 4.78 is 4.63. The highest BCUT2D eigenvalue weighted by Gasteiger charge is 2.68. The second-order valence-corrected chi connectivity index (χ2v) is 7.62. The van der Waals surface area contributed by atoms with Gasteiger partial charge in [0.1, 0.15) is 0 Å². The van der Waals surface area contributed by atoms with E-state index in [1.165, 1.54) is 15.7 Å². The minimum atomic E-state index is -0.207. The molecule has 1 aromatic heterocycles. The molecule has 0 amide bonds. The molecule has 2 aliphatic heterocycles. The van der Waals surface area contributed by atoms with Crippen LogP contribution in [0.4, 0.5) is 0 Å². The maximum Gasteiger partial charge on any atom is 0.347 e. The first kappa shape index (κ1) is 12.8. The summed E-state index contributed by atoms with van der Waals surface area (Å²) in [6.45, 7) is 0. The van der Waals surface area contributed by atoms with Crippen LogP contribution in [0.1, 0.15) is 23.2 Å². The molecule has 0 radical (unpaired) electrons. The van der Waals surface area contributed by atoms with Gasteiger partial charge in [0.25, 0.3) is 0 Å². The van der Waals surface area contributed by atoms with Crippen LogP contribution in [0.2, 0.25) is 0 Å². The summed E-state index contributed by atoms with van der Waals surface area (Å²) in [6, 6.07) is 8.42. The van der Waals surface area contributed by atoms with E-state index < -0.39 is 0 Å². The molecule has 0 N–H and O–H groups in total. The molecule has 7 rings (SSSR count). The molecule has 2 aromatic rings. The average Bonchev–Trinajstić information content (AvgIpc) is 2.82. The maximum absolute atomic E-state index is 12.7. The Morgan fingerprint density at radius 2 is 1.33 bits per heavy atom. The summed E-state index contributed by atoms with van der Waals surface area (Å²) in [5.41, 5.74) is 2.16. The normalized spacial score (nSPS) is 36.5. The number of hydrogen-bond acceptors (Lipinski definition) is 2. The Kier molecular flexibility index (Phi) is 1.91. The lowest BCUT2D eigenvalue weighted by Crippen LogP contribution is -2.66. The standard InChI is InChI=1S/C19H17N3O2/c1-20-16(23)21-14-6-7-15(22(21)17(20)24)19-9-8-18(14,19)10-12-4-2-3-5-13(12)11-19/h2-9,14-15H,10-11H2,1H3/t14-,15-,18+,19+/m0/s1. The lowest BCUT2D eigenvalue weighted by atomic mass is 9.41. The minimum absolute atomic E-state index is 0.0812. The predicted molar refractivity (Wildman–Crippen MR) is 89.0 cm³/mol. The van der Waals surface area contributed by atoms with Crippen molar-refractivity contribution in [2.24, 2.45) is 17.9 Å². The molecule has 0 fully saturated rings. The molecule has 4 atom stereocenters. The zero-order chi connectivity index (χ0) is 16.3. The number of rotatable bonds is 0. The highest BCUT2D eigenvalue weighted by molar-refractivity contribution is 5.49. The van der Waals surface area contributed by atoms with Crippen molar-refractivity contribution >= 4 is 0 Å². The molecule has 3 heterocycles. The van der Waals surface area contributed by atoms with Crippen LogP contribution in [0.3, 0.4) is 0 Å². The molecule has 120 valence electrons. The first-order valence-electron chi connectivity index (χ1n) is 8.45. The Morgan fingerprint density at radius 1 is 0.875 bits per heavy atom. The lowest BCUT2D eigenvalue weighted by molar-refractivity contribution is -0.0569. The van der Waals surface area contributed by atoms with Crippen molar-refractivity contribution in [2.75, 3.05) is 0 Å². The van der Waals surface area contributed by atoms with Gasteiger partial charge in [-0.05, 0) is 24.0 Å². The molecule has 0 saturated carbocycles. The van der Waals surface area contributed by atoms with Gasteiger partial charge in [0.2, 0.25) is 0 Å². The second kappa shape index (κ2) is 3.58. The van der Waals surface area contributed by atoms with Crippen LogP contribution in [0.15, 0.2) is 58.2 Å². The third-order valence-corrected chi connectivity index (χ3v) is 6.89. The molecule has 2 bridgehead atoms. The van der Waals surface area contributed by atoms with Crippen LogP contribution in [-0.4, -0.2) is 13.9 Å². The topological polar surface area (TPSA) is 48.9 Å².